The lowest BCUT2D eigenvalue weighted by Crippen LogP contribution is -2.16. The van der Waals surface area contributed by atoms with Gasteiger partial charge in [-0.2, -0.15) is 5.26 Å². The summed E-state index contributed by atoms with van der Waals surface area (Å²) in [6.45, 7) is 0. The number of imidazole rings is 1. The number of carbonyl (C=O) groups excluding carboxylic acids is 1. The van der Waals surface area contributed by atoms with Gasteiger partial charge >= 0.3 is 0 Å². The Bertz CT molecular complexity index is 638. The van der Waals surface area contributed by atoms with Gasteiger partial charge in [-0.15, -0.1) is 0 Å². The first-order chi connectivity index (χ1) is 8.61. The van der Waals surface area contributed by atoms with Crippen LogP contribution in [0.25, 0.3) is 0 Å². The zero-order valence-corrected chi connectivity index (χ0v) is 9.71. The van der Waals surface area contributed by atoms with E-state index in [0.717, 1.165) is 0 Å². The van der Waals surface area contributed by atoms with Crippen LogP contribution in [0, 0.1) is 11.3 Å². The Morgan fingerprint density at radius 3 is 2.89 bits per heavy atom. The van der Waals surface area contributed by atoms with Crippen LogP contribution >= 0.6 is 0 Å². The number of carbonyl (C=O) groups is 1. The van der Waals surface area contributed by atoms with Gasteiger partial charge in [0.1, 0.15) is 5.69 Å². The molecule has 0 saturated carbocycles. The molecule has 0 aliphatic carbocycles. The molecule has 0 spiro atoms. The monoisotopic (exact) mass is 241 g/mol. The van der Waals surface area contributed by atoms with Crippen molar-refractivity contribution in [2.45, 2.75) is 0 Å². The van der Waals surface area contributed by atoms with Crippen LogP contribution < -0.4 is 11.1 Å². The lowest BCUT2D eigenvalue weighted by atomic mass is 10.2. The molecule has 0 atom stereocenters. The van der Waals surface area contributed by atoms with Gasteiger partial charge in [0, 0.05) is 7.05 Å². The summed E-state index contributed by atoms with van der Waals surface area (Å²) in [6, 6.07) is 6.68. The topological polar surface area (TPSA) is 96.7 Å². The molecule has 6 nitrogen and oxygen atoms in total. The highest BCUT2D eigenvalue weighted by Gasteiger charge is 2.11. The Kier molecular flexibility index (Phi) is 2.98. The van der Waals surface area contributed by atoms with E-state index in [0.29, 0.717) is 22.6 Å². The van der Waals surface area contributed by atoms with Crippen molar-refractivity contribution in [1.82, 2.24) is 9.55 Å². The number of amides is 1. The lowest BCUT2D eigenvalue weighted by Gasteiger charge is -2.08. The smallest absolute Gasteiger partial charge is 0.273 e. The van der Waals surface area contributed by atoms with Gasteiger partial charge in [-0.25, -0.2) is 4.98 Å². The molecule has 0 saturated heterocycles. The number of hydrogen-bond acceptors (Lipinski definition) is 4. The SMILES string of the molecule is Cn1cncc1C(=O)Nc1ccc(C#N)cc1N. The highest BCUT2D eigenvalue weighted by atomic mass is 16.2. The van der Waals surface area contributed by atoms with Gasteiger partial charge in [-0.05, 0) is 18.2 Å². The third kappa shape index (κ3) is 2.15. The van der Waals surface area contributed by atoms with E-state index in [1.165, 1.54) is 18.6 Å². The molecule has 0 aliphatic rings. The predicted molar refractivity (Wildman–Crippen MR) is 66.7 cm³/mol. The summed E-state index contributed by atoms with van der Waals surface area (Å²) in [7, 11) is 1.73. The molecule has 0 bridgehead atoms. The third-order valence-corrected chi connectivity index (χ3v) is 2.48. The van der Waals surface area contributed by atoms with Crippen molar-refractivity contribution in [1.29, 1.82) is 5.26 Å². The van der Waals surface area contributed by atoms with Gasteiger partial charge in [-0.3, -0.25) is 4.79 Å². The fourth-order valence-corrected chi connectivity index (χ4v) is 1.51. The van der Waals surface area contributed by atoms with Gasteiger partial charge in [0.05, 0.1) is 35.5 Å². The van der Waals surface area contributed by atoms with Gasteiger partial charge in [0.2, 0.25) is 0 Å². The maximum atomic E-state index is 11.9. The van der Waals surface area contributed by atoms with Gasteiger partial charge < -0.3 is 15.6 Å². The summed E-state index contributed by atoms with van der Waals surface area (Å²) < 4.78 is 1.61. The number of nitrogens with zero attached hydrogens (tertiary/aromatic N) is 3. The fraction of sp³-hybridized carbons (Fsp3) is 0.0833. The highest BCUT2D eigenvalue weighted by Crippen LogP contribution is 2.20. The number of aromatic nitrogens is 2. The van der Waals surface area contributed by atoms with Crippen molar-refractivity contribution < 1.29 is 4.79 Å². The number of aryl methyl sites for hydroxylation is 1. The van der Waals surface area contributed by atoms with Crippen LogP contribution in [0.3, 0.4) is 0 Å². The van der Waals surface area contributed by atoms with Crippen LogP contribution in [0.15, 0.2) is 30.7 Å². The maximum Gasteiger partial charge on any atom is 0.273 e. The van der Waals surface area contributed by atoms with Gasteiger partial charge in [0.15, 0.2) is 0 Å². The number of nitrogens with two attached hydrogens (primary N) is 1. The summed E-state index contributed by atoms with van der Waals surface area (Å²) in [6.07, 6.45) is 3.01. The van der Waals surface area contributed by atoms with Crippen LogP contribution in [0.2, 0.25) is 0 Å². The standard InChI is InChI=1S/C12H11N5O/c1-17-7-15-6-11(17)12(18)16-10-3-2-8(5-13)4-9(10)14/h2-4,6-7H,14H2,1H3,(H,16,18). The average Bonchev–Trinajstić information content (AvgIpc) is 2.78. The molecule has 90 valence electrons. The van der Waals surface area contributed by atoms with Crippen molar-refractivity contribution in [3.63, 3.8) is 0 Å². The second-order valence-electron chi connectivity index (χ2n) is 3.76. The molecule has 18 heavy (non-hydrogen) atoms. The van der Waals surface area contributed by atoms with E-state index >= 15 is 0 Å². The molecule has 1 amide bonds. The third-order valence-electron chi connectivity index (χ3n) is 2.48. The van der Waals surface area contributed by atoms with Crippen molar-refractivity contribution in [2.24, 2.45) is 7.05 Å². The van der Waals surface area contributed by atoms with E-state index in [1.54, 1.807) is 23.7 Å². The Hall–Kier alpha value is -2.81. The van der Waals surface area contributed by atoms with E-state index in [4.69, 9.17) is 11.0 Å². The minimum absolute atomic E-state index is 0.300. The van der Waals surface area contributed by atoms with Crippen LogP contribution in [-0.2, 0) is 7.05 Å². The van der Waals surface area contributed by atoms with Crippen LogP contribution in [-0.4, -0.2) is 15.5 Å². The number of benzene rings is 1. The number of hydrogen-bond donors (Lipinski definition) is 2. The fourth-order valence-electron chi connectivity index (χ4n) is 1.51. The van der Waals surface area contributed by atoms with Gasteiger partial charge in [0.25, 0.3) is 5.91 Å². The molecular formula is C12H11N5O. The van der Waals surface area contributed by atoms with E-state index in [-0.39, 0.29) is 5.91 Å². The van der Waals surface area contributed by atoms with E-state index in [2.05, 4.69) is 10.3 Å². The molecule has 3 N–H and O–H groups in total. The normalized spacial score (nSPS) is 9.78. The molecule has 1 aromatic heterocycles. The number of rotatable bonds is 2. The molecule has 2 rings (SSSR count). The zero-order chi connectivity index (χ0) is 13.1. The Labute approximate surface area is 104 Å². The molecule has 1 heterocycles. The van der Waals surface area contributed by atoms with Gasteiger partial charge in [-0.1, -0.05) is 0 Å². The second-order valence-corrected chi connectivity index (χ2v) is 3.76. The quantitative estimate of drug-likeness (QED) is 0.770. The van der Waals surface area contributed by atoms with E-state index in [9.17, 15) is 4.79 Å². The van der Waals surface area contributed by atoms with Crippen molar-refractivity contribution in [3.05, 3.63) is 42.0 Å². The molecule has 6 heteroatoms. The summed E-state index contributed by atoms with van der Waals surface area (Å²) in [5.74, 6) is -0.300. The van der Waals surface area contributed by atoms with Crippen molar-refractivity contribution in [2.75, 3.05) is 11.1 Å². The second kappa shape index (κ2) is 4.59. The first-order valence-corrected chi connectivity index (χ1v) is 5.19. The predicted octanol–water partition coefficient (Wildman–Crippen LogP) is 1.13. The lowest BCUT2D eigenvalue weighted by molar-refractivity contribution is 0.101. The average molecular weight is 241 g/mol. The zero-order valence-electron chi connectivity index (χ0n) is 9.71. The summed E-state index contributed by atoms with van der Waals surface area (Å²) in [5.41, 5.74) is 7.45. The molecule has 1 aromatic carbocycles. The van der Waals surface area contributed by atoms with Crippen molar-refractivity contribution >= 4 is 17.3 Å². The molecule has 2 aromatic rings. The largest absolute Gasteiger partial charge is 0.397 e. The Morgan fingerprint density at radius 1 is 1.56 bits per heavy atom. The molecule has 0 unspecified atom stereocenters. The highest BCUT2D eigenvalue weighted by molar-refractivity contribution is 6.04. The molecular weight excluding hydrogens is 230 g/mol. The maximum absolute atomic E-state index is 11.9. The first-order valence-electron chi connectivity index (χ1n) is 5.19. The van der Waals surface area contributed by atoms with E-state index in [1.807, 2.05) is 6.07 Å². The van der Waals surface area contributed by atoms with Crippen LogP contribution in [0.1, 0.15) is 16.1 Å². The number of nitriles is 1. The molecule has 0 fully saturated rings. The Morgan fingerprint density at radius 2 is 2.33 bits per heavy atom. The summed E-state index contributed by atoms with van der Waals surface area (Å²) >= 11 is 0. The molecule has 0 radical (unpaired) electrons. The van der Waals surface area contributed by atoms with Crippen LogP contribution in [0.4, 0.5) is 11.4 Å². The first kappa shape index (κ1) is 11.7. The number of nitrogens with one attached hydrogen (secondary N) is 1. The minimum atomic E-state index is -0.300. The Balaban J connectivity index is 2.23. The van der Waals surface area contributed by atoms with E-state index < -0.39 is 0 Å². The molecule has 0 aliphatic heterocycles. The number of anilines is 2. The minimum Gasteiger partial charge on any atom is -0.397 e. The number of nitrogen functional groups attached to an aromatic ring is 1. The van der Waals surface area contributed by atoms with Crippen LogP contribution in [0.5, 0.6) is 0 Å². The van der Waals surface area contributed by atoms with Crippen molar-refractivity contribution in [3.8, 4) is 6.07 Å². The summed E-state index contributed by atoms with van der Waals surface area (Å²) in [5, 5.41) is 11.4. The summed E-state index contributed by atoms with van der Waals surface area (Å²) in [4.78, 5) is 15.8.